The standard InChI is InChI=1S/C20H30N2O3S/c1-25-13-12-22-16-20(10-8-19(22)24)9-4-11-21(15-20)18(23)7-2-5-17-6-3-14-26-17/h3,6,14H,2,4-5,7-13,15-16H2,1H3/t20-/m1/s1. The number of rotatable bonds is 7. The Morgan fingerprint density at radius 1 is 1.35 bits per heavy atom. The second kappa shape index (κ2) is 9.00. The van der Waals surface area contributed by atoms with E-state index in [1.54, 1.807) is 18.4 Å². The zero-order valence-corrected chi connectivity index (χ0v) is 16.6. The Bertz CT molecular complexity index is 604. The predicted molar refractivity (Wildman–Crippen MR) is 103 cm³/mol. The summed E-state index contributed by atoms with van der Waals surface area (Å²) in [4.78, 5) is 30.2. The first-order valence-corrected chi connectivity index (χ1v) is 10.6. The van der Waals surface area contributed by atoms with Gasteiger partial charge in [-0.1, -0.05) is 6.07 Å². The molecule has 0 unspecified atom stereocenters. The minimum Gasteiger partial charge on any atom is -0.383 e. The summed E-state index contributed by atoms with van der Waals surface area (Å²) in [6.07, 6.45) is 6.20. The van der Waals surface area contributed by atoms with Crippen LogP contribution in [0.3, 0.4) is 0 Å². The van der Waals surface area contributed by atoms with Crippen LogP contribution in [0, 0.1) is 5.41 Å². The number of thiophene rings is 1. The molecule has 0 saturated carbocycles. The molecule has 2 saturated heterocycles. The lowest BCUT2D eigenvalue weighted by molar-refractivity contribution is -0.143. The van der Waals surface area contributed by atoms with Gasteiger partial charge in [-0.25, -0.2) is 0 Å². The molecule has 2 aliphatic rings. The fourth-order valence-corrected chi connectivity index (χ4v) is 5.04. The van der Waals surface area contributed by atoms with Crippen LogP contribution < -0.4 is 0 Å². The van der Waals surface area contributed by atoms with E-state index in [1.165, 1.54) is 4.88 Å². The average Bonchev–Trinajstić information content (AvgIpc) is 3.16. The smallest absolute Gasteiger partial charge is 0.222 e. The van der Waals surface area contributed by atoms with Crippen molar-refractivity contribution in [2.45, 2.75) is 44.9 Å². The lowest BCUT2D eigenvalue weighted by Crippen LogP contribution is -2.55. The molecule has 3 rings (SSSR count). The molecule has 2 amide bonds. The predicted octanol–water partition coefficient (Wildman–Crippen LogP) is 2.95. The van der Waals surface area contributed by atoms with Gasteiger partial charge in [0, 0.05) is 56.4 Å². The highest BCUT2D eigenvalue weighted by molar-refractivity contribution is 7.09. The highest BCUT2D eigenvalue weighted by Gasteiger charge is 2.42. The van der Waals surface area contributed by atoms with Gasteiger partial charge in [-0.15, -0.1) is 11.3 Å². The Morgan fingerprint density at radius 2 is 2.23 bits per heavy atom. The molecule has 1 aromatic heterocycles. The lowest BCUT2D eigenvalue weighted by Gasteiger charge is -2.48. The molecular weight excluding hydrogens is 348 g/mol. The van der Waals surface area contributed by atoms with Gasteiger partial charge >= 0.3 is 0 Å². The fraction of sp³-hybridized carbons (Fsp3) is 0.700. The van der Waals surface area contributed by atoms with E-state index >= 15 is 0 Å². The van der Waals surface area contributed by atoms with Gasteiger partial charge in [-0.05, 0) is 43.6 Å². The average molecular weight is 379 g/mol. The normalized spacial score (nSPS) is 23.7. The molecule has 5 nitrogen and oxygen atoms in total. The Balaban J connectivity index is 1.52. The topological polar surface area (TPSA) is 49.9 Å². The van der Waals surface area contributed by atoms with E-state index < -0.39 is 0 Å². The second-order valence-electron chi connectivity index (χ2n) is 7.66. The third kappa shape index (κ3) is 4.86. The van der Waals surface area contributed by atoms with E-state index in [4.69, 9.17) is 4.74 Å². The zero-order chi connectivity index (χ0) is 18.4. The van der Waals surface area contributed by atoms with Crippen LogP contribution in [0.15, 0.2) is 17.5 Å². The summed E-state index contributed by atoms with van der Waals surface area (Å²) >= 11 is 1.76. The van der Waals surface area contributed by atoms with E-state index in [2.05, 4.69) is 22.4 Å². The van der Waals surface area contributed by atoms with Crippen molar-refractivity contribution in [1.82, 2.24) is 9.80 Å². The minimum atomic E-state index is 0.0866. The number of aryl methyl sites for hydroxylation is 1. The van der Waals surface area contributed by atoms with E-state index in [0.717, 1.165) is 51.7 Å². The number of carbonyl (C=O) groups excluding carboxylic acids is 2. The van der Waals surface area contributed by atoms with E-state index in [1.807, 2.05) is 4.90 Å². The quantitative estimate of drug-likeness (QED) is 0.733. The molecule has 0 aliphatic carbocycles. The molecular formula is C20H30N2O3S. The molecule has 3 heterocycles. The molecule has 0 aromatic carbocycles. The van der Waals surface area contributed by atoms with Crippen LogP contribution in [0.2, 0.25) is 0 Å². The number of piperidine rings is 2. The van der Waals surface area contributed by atoms with Gasteiger partial charge in [0.05, 0.1) is 6.61 Å². The highest BCUT2D eigenvalue weighted by atomic mass is 32.1. The molecule has 1 atom stereocenters. The Kier molecular flexibility index (Phi) is 6.70. The van der Waals surface area contributed by atoms with Crippen LogP contribution in [0.25, 0.3) is 0 Å². The summed E-state index contributed by atoms with van der Waals surface area (Å²) in [5.41, 5.74) is 0.0866. The van der Waals surface area contributed by atoms with E-state index in [-0.39, 0.29) is 17.2 Å². The molecule has 0 bridgehead atoms. The molecule has 6 heteroatoms. The summed E-state index contributed by atoms with van der Waals surface area (Å²) in [6.45, 7) is 3.68. The number of amides is 2. The molecule has 0 radical (unpaired) electrons. The molecule has 26 heavy (non-hydrogen) atoms. The monoisotopic (exact) mass is 378 g/mol. The first kappa shape index (κ1) is 19.4. The fourth-order valence-electron chi connectivity index (χ4n) is 4.29. The van der Waals surface area contributed by atoms with Crippen molar-refractivity contribution in [1.29, 1.82) is 0 Å². The maximum Gasteiger partial charge on any atom is 0.222 e. The molecule has 2 fully saturated rings. The maximum absolute atomic E-state index is 12.7. The van der Waals surface area contributed by atoms with Crippen molar-refractivity contribution >= 4 is 23.2 Å². The summed E-state index contributed by atoms with van der Waals surface area (Å²) < 4.78 is 5.15. The van der Waals surface area contributed by atoms with Crippen LogP contribution in [0.4, 0.5) is 0 Å². The Hall–Kier alpha value is -1.40. The van der Waals surface area contributed by atoms with Crippen molar-refractivity contribution in [3.8, 4) is 0 Å². The number of ether oxygens (including phenoxy) is 1. The number of hydrogen-bond donors (Lipinski definition) is 0. The molecule has 0 N–H and O–H groups in total. The van der Waals surface area contributed by atoms with Crippen molar-refractivity contribution in [2.24, 2.45) is 5.41 Å². The van der Waals surface area contributed by atoms with Gasteiger partial charge in [0.1, 0.15) is 0 Å². The zero-order valence-electron chi connectivity index (χ0n) is 15.7. The number of methoxy groups -OCH3 is 1. The van der Waals surface area contributed by atoms with E-state index in [0.29, 0.717) is 26.0 Å². The number of hydrogen-bond acceptors (Lipinski definition) is 4. The maximum atomic E-state index is 12.7. The Morgan fingerprint density at radius 3 is 3.00 bits per heavy atom. The van der Waals surface area contributed by atoms with Crippen molar-refractivity contribution in [3.05, 3.63) is 22.4 Å². The highest BCUT2D eigenvalue weighted by Crippen LogP contribution is 2.39. The number of nitrogens with zero attached hydrogens (tertiary/aromatic N) is 2. The number of likely N-dealkylation sites (tertiary alicyclic amines) is 2. The minimum absolute atomic E-state index is 0.0866. The van der Waals surface area contributed by atoms with Gasteiger partial charge in [-0.2, -0.15) is 0 Å². The van der Waals surface area contributed by atoms with Gasteiger partial charge < -0.3 is 14.5 Å². The van der Waals surface area contributed by atoms with Crippen LogP contribution in [0.5, 0.6) is 0 Å². The summed E-state index contributed by atoms with van der Waals surface area (Å²) in [5.74, 6) is 0.507. The van der Waals surface area contributed by atoms with Gasteiger partial charge in [0.15, 0.2) is 0 Å². The first-order chi connectivity index (χ1) is 12.6. The van der Waals surface area contributed by atoms with Crippen LogP contribution >= 0.6 is 11.3 Å². The van der Waals surface area contributed by atoms with Crippen LogP contribution in [-0.2, 0) is 20.7 Å². The molecule has 144 valence electrons. The molecule has 1 spiro atoms. The second-order valence-corrected chi connectivity index (χ2v) is 8.69. The SMILES string of the molecule is COCCN1C[C@]2(CCCN(C(=O)CCCc3cccs3)C2)CCC1=O. The van der Waals surface area contributed by atoms with Crippen LogP contribution in [0.1, 0.15) is 43.4 Å². The Labute approximate surface area is 160 Å². The van der Waals surface area contributed by atoms with Crippen LogP contribution in [-0.4, -0.2) is 61.5 Å². The molecule has 2 aliphatic heterocycles. The third-order valence-corrected chi connectivity index (χ3v) is 6.66. The largest absolute Gasteiger partial charge is 0.383 e. The number of carbonyl (C=O) groups is 2. The summed E-state index contributed by atoms with van der Waals surface area (Å²) in [6, 6.07) is 4.20. The van der Waals surface area contributed by atoms with Gasteiger partial charge in [0.2, 0.25) is 11.8 Å². The van der Waals surface area contributed by atoms with E-state index in [9.17, 15) is 9.59 Å². The molecule has 1 aromatic rings. The van der Waals surface area contributed by atoms with Crippen molar-refractivity contribution in [2.75, 3.05) is 39.9 Å². The van der Waals surface area contributed by atoms with Crippen molar-refractivity contribution in [3.63, 3.8) is 0 Å². The third-order valence-electron chi connectivity index (χ3n) is 5.72. The summed E-state index contributed by atoms with van der Waals surface area (Å²) in [7, 11) is 1.67. The van der Waals surface area contributed by atoms with Gasteiger partial charge in [0.25, 0.3) is 0 Å². The van der Waals surface area contributed by atoms with Gasteiger partial charge in [-0.3, -0.25) is 9.59 Å². The van der Waals surface area contributed by atoms with Crippen molar-refractivity contribution < 1.29 is 14.3 Å². The first-order valence-electron chi connectivity index (χ1n) is 9.69. The summed E-state index contributed by atoms with van der Waals surface area (Å²) in [5, 5.41) is 2.09. The lowest BCUT2D eigenvalue weighted by atomic mass is 9.73.